The number of ether oxygens (including phenoxy) is 1. The second-order valence-corrected chi connectivity index (χ2v) is 8.81. The van der Waals surface area contributed by atoms with Crippen LogP contribution in [0, 0.1) is 0 Å². The van der Waals surface area contributed by atoms with Gasteiger partial charge in [0.2, 0.25) is 0 Å². The fraction of sp³-hybridized carbons (Fsp3) is 0.217. The van der Waals surface area contributed by atoms with Crippen molar-refractivity contribution in [1.29, 1.82) is 0 Å². The van der Waals surface area contributed by atoms with Crippen molar-refractivity contribution >= 4 is 44.9 Å². The van der Waals surface area contributed by atoms with Crippen LogP contribution in [0.1, 0.15) is 29.9 Å². The average Bonchev–Trinajstić information content (AvgIpc) is 3.54. The van der Waals surface area contributed by atoms with Crippen LogP contribution in [0.5, 0.6) is 0 Å². The van der Waals surface area contributed by atoms with Crippen LogP contribution in [-0.2, 0) is 9.53 Å². The lowest BCUT2D eigenvalue weighted by molar-refractivity contribution is -0.140. The summed E-state index contributed by atoms with van der Waals surface area (Å²) in [6.45, 7) is 0.442. The van der Waals surface area contributed by atoms with E-state index in [0.717, 1.165) is 26.7 Å². The molecule has 0 amide bonds. The summed E-state index contributed by atoms with van der Waals surface area (Å²) in [5, 5.41) is 4.89. The molecule has 32 heavy (non-hydrogen) atoms. The van der Waals surface area contributed by atoms with Gasteiger partial charge in [-0.2, -0.15) is 0 Å². The predicted molar refractivity (Wildman–Crippen MR) is 128 cm³/mol. The van der Waals surface area contributed by atoms with Crippen LogP contribution in [-0.4, -0.2) is 44.2 Å². The number of carbonyl (C=O) groups is 1. The normalized spacial score (nSPS) is 18.2. The Morgan fingerprint density at radius 1 is 1.19 bits per heavy atom. The molecule has 4 aromatic rings. The molecule has 1 saturated heterocycles. The maximum absolute atomic E-state index is 11.9. The Kier molecular flexibility index (Phi) is 5.59. The largest absolute Gasteiger partial charge is 0.469 e. The highest BCUT2D eigenvalue weighted by Gasteiger charge is 2.41. The number of hydrogen-bond acceptors (Lipinski definition) is 6. The van der Waals surface area contributed by atoms with E-state index < -0.39 is 0 Å². The molecule has 0 saturated carbocycles. The Labute approximate surface area is 194 Å². The molecule has 5 rings (SSSR count). The van der Waals surface area contributed by atoms with Crippen LogP contribution in [0.15, 0.2) is 67.0 Å². The van der Waals surface area contributed by atoms with Gasteiger partial charge in [-0.3, -0.25) is 14.3 Å². The van der Waals surface area contributed by atoms with Crippen LogP contribution < -0.4 is 5.32 Å². The van der Waals surface area contributed by atoms with Crippen LogP contribution >= 0.6 is 23.6 Å². The van der Waals surface area contributed by atoms with Crippen LogP contribution in [0.3, 0.4) is 0 Å². The third kappa shape index (κ3) is 3.74. The summed E-state index contributed by atoms with van der Waals surface area (Å²) < 4.78 is 8.09. The van der Waals surface area contributed by atoms with Crippen molar-refractivity contribution in [2.45, 2.75) is 18.5 Å². The lowest BCUT2D eigenvalue weighted by Gasteiger charge is -2.28. The van der Waals surface area contributed by atoms with Crippen molar-refractivity contribution in [1.82, 2.24) is 24.8 Å². The number of thiazole rings is 1. The number of para-hydroxylation sites is 1. The number of thiocarbonyl (C=S) groups is 1. The molecule has 1 aliphatic rings. The molecule has 1 fully saturated rings. The molecule has 0 spiro atoms. The van der Waals surface area contributed by atoms with Gasteiger partial charge >= 0.3 is 5.97 Å². The Bertz CT molecular complexity index is 1240. The molecule has 0 bridgehead atoms. The number of benzene rings is 1. The number of methoxy groups -OCH3 is 1. The number of carbonyl (C=O) groups excluding carboxylic acids is 1. The summed E-state index contributed by atoms with van der Waals surface area (Å²) in [6, 6.07) is 17.7. The highest BCUT2D eigenvalue weighted by Crippen LogP contribution is 2.40. The second-order valence-electron chi connectivity index (χ2n) is 7.41. The Hall–Kier alpha value is -3.30. The minimum atomic E-state index is -0.269. The first-order chi connectivity index (χ1) is 15.7. The summed E-state index contributed by atoms with van der Waals surface area (Å²) >= 11 is 7.32. The number of hydrogen-bond donors (Lipinski definition) is 1. The average molecular weight is 464 g/mol. The first-order valence-corrected chi connectivity index (χ1v) is 11.5. The Morgan fingerprint density at radius 3 is 2.81 bits per heavy atom. The molecule has 0 unspecified atom stereocenters. The highest BCUT2D eigenvalue weighted by molar-refractivity contribution is 7.80. The smallest absolute Gasteiger partial charge is 0.307 e. The molecule has 0 aliphatic carbocycles. The lowest BCUT2D eigenvalue weighted by Crippen LogP contribution is -2.32. The lowest BCUT2D eigenvalue weighted by atomic mass is 10.0. The van der Waals surface area contributed by atoms with Gasteiger partial charge in [-0.15, -0.1) is 0 Å². The van der Waals surface area contributed by atoms with Crippen LogP contribution in [0.25, 0.3) is 15.3 Å². The van der Waals surface area contributed by atoms with Crippen molar-refractivity contribution in [3.05, 3.63) is 78.4 Å². The summed E-state index contributed by atoms with van der Waals surface area (Å²) in [6.07, 6.45) is 4.04. The van der Waals surface area contributed by atoms with E-state index in [9.17, 15) is 4.79 Å². The zero-order chi connectivity index (χ0) is 22.1. The summed E-state index contributed by atoms with van der Waals surface area (Å²) in [5.74, 6) is -0.269. The molecule has 7 nitrogen and oxygen atoms in total. The molecular formula is C23H21N5O2S2. The standard InChI is InChI=1S/C23H21N5O2S2/c1-30-19(29)11-14-28-21(20(26-22(28)31)16-8-4-5-12-24-16)17-9-6-13-27(17)23-25-15-7-2-3-10-18(15)32-23/h2-10,12-13,20-21H,11,14H2,1H3,(H,26,31)/t20-,21+/m0/s1. The van der Waals surface area contributed by atoms with Crippen molar-refractivity contribution < 1.29 is 9.53 Å². The zero-order valence-electron chi connectivity index (χ0n) is 17.3. The number of pyridine rings is 1. The molecule has 0 radical (unpaired) electrons. The minimum Gasteiger partial charge on any atom is -0.469 e. The number of fused-ring (bicyclic) bond motifs is 1. The summed E-state index contributed by atoms with van der Waals surface area (Å²) in [7, 11) is 1.40. The molecule has 162 valence electrons. The molecule has 1 aromatic carbocycles. The number of aromatic nitrogens is 3. The van der Waals surface area contributed by atoms with Crippen LogP contribution in [0.2, 0.25) is 0 Å². The number of esters is 1. The Morgan fingerprint density at radius 2 is 2.03 bits per heavy atom. The van der Waals surface area contributed by atoms with E-state index in [1.807, 2.05) is 53.6 Å². The van der Waals surface area contributed by atoms with E-state index in [0.29, 0.717) is 11.7 Å². The Balaban J connectivity index is 1.58. The predicted octanol–water partition coefficient (Wildman–Crippen LogP) is 4.02. The second kappa shape index (κ2) is 8.68. The zero-order valence-corrected chi connectivity index (χ0v) is 19.0. The SMILES string of the molecule is COC(=O)CCN1C(=S)N[C@@H](c2ccccn2)[C@H]1c1cccn1-c1nc2ccccc2s1. The van der Waals surface area contributed by atoms with Crippen molar-refractivity contribution in [2.75, 3.05) is 13.7 Å². The number of nitrogens with zero attached hydrogens (tertiary/aromatic N) is 4. The van der Waals surface area contributed by atoms with E-state index in [1.165, 1.54) is 7.11 Å². The summed E-state index contributed by atoms with van der Waals surface area (Å²) in [5.41, 5.74) is 2.88. The van der Waals surface area contributed by atoms with E-state index >= 15 is 0 Å². The van der Waals surface area contributed by atoms with Gasteiger partial charge in [-0.1, -0.05) is 29.5 Å². The van der Waals surface area contributed by atoms with Gasteiger partial charge in [0.15, 0.2) is 10.2 Å². The topological polar surface area (TPSA) is 72.3 Å². The fourth-order valence-electron chi connectivity index (χ4n) is 4.05. The number of nitrogens with one attached hydrogen (secondary N) is 1. The molecular weight excluding hydrogens is 442 g/mol. The monoisotopic (exact) mass is 463 g/mol. The van der Waals surface area contributed by atoms with E-state index in [1.54, 1.807) is 17.5 Å². The maximum atomic E-state index is 11.9. The van der Waals surface area contributed by atoms with Crippen molar-refractivity contribution in [3.63, 3.8) is 0 Å². The molecule has 4 heterocycles. The van der Waals surface area contributed by atoms with Gasteiger partial charge < -0.3 is 15.0 Å². The quantitative estimate of drug-likeness (QED) is 0.342. The third-order valence-electron chi connectivity index (χ3n) is 5.55. The molecule has 1 aliphatic heterocycles. The van der Waals surface area contributed by atoms with Gasteiger partial charge in [-0.05, 0) is 48.6 Å². The van der Waals surface area contributed by atoms with Gasteiger partial charge in [0.1, 0.15) is 0 Å². The van der Waals surface area contributed by atoms with E-state index in [-0.39, 0.29) is 24.5 Å². The summed E-state index contributed by atoms with van der Waals surface area (Å²) in [4.78, 5) is 23.3. The van der Waals surface area contributed by atoms with Crippen LogP contribution in [0.4, 0.5) is 0 Å². The third-order valence-corrected chi connectivity index (χ3v) is 6.94. The first-order valence-electron chi connectivity index (χ1n) is 10.2. The fourth-order valence-corrected chi connectivity index (χ4v) is 5.36. The molecule has 3 aromatic heterocycles. The van der Waals surface area contributed by atoms with Gasteiger partial charge in [0.25, 0.3) is 0 Å². The van der Waals surface area contributed by atoms with E-state index in [4.69, 9.17) is 21.9 Å². The molecule has 9 heteroatoms. The highest BCUT2D eigenvalue weighted by atomic mass is 32.1. The van der Waals surface area contributed by atoms with Gasteiger partial charge in [0, 0.05) is 18.9 Å². The maximum Gasteiger partial charge on any atom is 0.307 e. The molecule has 1 N–H and O–H groups in total. The van der Waals surface area contributed by atoms with E-state index in [2.05, 4.69) is 27.0 Å². The van der Waals surface area contributed by atoms with Crippen molar-refractivity contribution in [3.8, 4) is 5.13 Å². The minimum absolute atomic E-state index is 0.163. The number of rotatable bonds is 6. The molecule has 2 atom stereocenters. The van der Waals surface area contributed by atoms with Crippen molar-refractivity contribution in [2.24, 2.45) is 0 Å². The van der Waals surface area contributed by atoms with Gasteiger partial charge in [0.05, 0.1) is 47.2 Å². The first kappa shape index (κ1) is 20.6. The van der Waals surface area contributed by atoms with Gasteiger partial charge in [-0.25, -0.2) is 4.98 Å².